The number of aliphatic hydroxyl groups is 1. The third-order valence-electron chi connectivity index (χ3n) is 5.14. The van der Waals surface area contributed by atoms with E-state index in [1.807, 2.05) is 35.4 Å². The lowest BCUT2D eigenvalue weighted by Crippen LogP contribution is -2.45. The van der Waals surface area contributed by atoms with Crippen LogP contribution in [0.2, 0.25) is 5.02 Å². The van der Waals surface area contributed by atoms with Crippen LogP contribution >= 0.6 is 11.6 Å². The van der Waals surface area contributed by atoms with Gasteiger partial charge in [0.2, 0.25) is 5.95 Å². The van der Waals surface area contributed by atoms with Crippen LogP contribution in [0.4, 0.5) is 17.5 Å². The topological polar surface area (TPSA) is 113 Å². The second-order valence-electron chi connectivity index (χ2n) is 7.58. The second-order valence-corrected chi connectivity index (χ2v) is 7.99. The molecular formula is C22H27ClN8O2. The molecule has 1 aliphatic heterocycles. The highest BCUT2D eigenvalue weighted by molar-refractivity contribution is 6.32. The van der Waals surface area contributed by atoms with E-state index < -0.39 is 6.23 Å². The van der Waals surface area contributed by atoms with Crippen LogP contribution in [0, 0.1) is 0 Å². The highest BCUT2D eigenvalue weighted by atomic mass is 35.5. The van der Waals surface area contributed by atoms with E-state index in [-0.39, 0.29) is 0 Å². The molecule has 0 amide bonds. The van der Waals surface area contributed by atoms with Crippen LogP contribution in [-0.4, -0.2) is 75.5 Å². The van der Waals surface area contributed by atoms with Gasteiger partial charge in [-0.05, 0) is 17.2 Å². The summed E-state index contributed by atoms with van der Waals surface area (Å²) in [5, 5.41) is 21.6. The number of ether oxygens (including phenoxy) is 1. The van der Waals surface area contributed by atoms with Crippen molar-refractivity contribution in [3.8, 4) is 0 Å². The monoisotopic (exact) mass is 470 g/mol. The fraction of sp³-hybridized carbons (Fsp3) is 0.364. The molecule has 3 N–H and O–H groups in total. The summed E-state index contributed by atoms with van der Waals surface area (Å²) in [6.07, 6.45) is 6.20. The number of aliphatic hydroxyl groups excluding tert-OH is 1. The number of nitrogens with one attached hydrogen (secondary N) is 2. The lowest BCUT2D eigenvalue weighted by atomic mass is 10.1. The largest absolute Gasteiger partial charge is 0.379 e. The Kier molecular flexibility index (Phi) is 7.84. The average Bonchev–Trinajstić information content (AvgIpc) is 3.27. The van der Waals surface area contributed by atoms with Crippen molar-refractivity contribution in [2.75, 3.05) is 44.0 Å². The van der Waals surface area contributed by atoms with E-state index >= 15 is 0 Å². The minimum Gasteiger partial charge on any atom is -0.379 e. The molecule has 1 unspecified atom stereocenters. The molecule has 3 heterocycles. The summed E-state index contributed by atoms with van der Waals surface area (Å²) < 4.78 is 7.01. The zero-order valence-electron chi connectivity index (χ0n) is 18.4. The van der Waals surface area contributed by atoms with E-state index in [4.69, 9.17) is 16.3 Å². The van der Waals surface area contributed by atoms with Gasteiger partial charge in [-0.25, -0.2) is 4.98 Å². The van der Waals surface area contributed by atoms with E-state index in [9.17, 15) is 5.11 Å². The molecular weight excluding hydrogens is 444 g/mol. The summed E-state index contributed by atoms with van der Waals surface area (Å²) in [4.78, 5) is 14.8. The van der Waals surface area contributed by atoms with Gasteiger partial charge >= 0.3 is 0 Å². The lowest BCUT2D eigenvalue weighted by Gasteiger charge is -2.30. The SMILES string of the molecule is CN=Cc1cccc(CNc2nc(Nc3cnn(CC(O)N4CCOCC4)c3)ncc2Cl)c1. The Morgan fingerprint density at radius 1 is 1.30 bits per heavy atom. The number of aromatic nitrogens is 4. The predicted octanol–water partition coefficient (Wildman–Crippen LogP) is 2.38. The predicted molar refractivity (Wildman–Crippen MR) is 128 cm³/mol. The molecule has 0 saturated carbocycles. The van der Waals surface area contributed by atoms with Crippen LogP contribution in [0.5, 0.6) is 0 Å². The Bertz CT molecular complexity index is 1080. The Labute approximate surface area is 197 Å². The maximum atomic E-state index is 10.4. The molecule has 0 radical (unpaired) electrons. The number of hydrogen-bond donors (Lipinski definition) is 3. The number of aliphatic imine (C=N–C) groups is 1. The third-order valence-corrected chi connectivity index (χ3v) is 5.42. The fourth-order valence-corrected chi connectivity index (χ4v) is 3.64. The van der Waals surface area contributed by atoms with E-state index in [2.05, 4.69) is 30.7 Å². The molecule has 33 heavy (non-hydrogen) atoms. The second kappa shape index (κ2) is 11.2. The molecule has 1 atom stereocenters. The van der Waals surface area contributed by atoms with Crippen LogP contribution in [0.3, 0.4) is 0 Å². The van der Waals surface area contributed by atoms with Gasteiger partial charge in [0, 0.05) is 39.1 Å². The summed E-state index contributed by atoms with van der Waals surface area (Å²) in [6.45, 7) is 3.59. The minimum absolute atomic E-state index is 0.359. The molecule has 10 nitrogen and oxygen atoms in total. The molecule has 4 rings (SSSR count). The minimum atomic E-state index is -0.619. The quantitative estimate of drug-likeness (QED) is 0.408. The van der Waals surface area contributed by atoms with Gasteiger partial charge in [0.05, 0.1) is 37.8 Å². The number of benzene rings is 1. The summed E-state index contributed by atoms with van der Waals surface area (Å²) in [5.41, 5.74) is 2.82. The van der Waals surface area contributed by atoms with E-state index in [0.29, 0.717) is 61.9 Å². The molecule has 11 heteroatoms. The van der Waals surface area contributed by atoms with Gasteiger partial charge < -0.3 is 20.5 Å². The van der Waals surface area contributed by atoms with Crippen LogP contribution in [-0.2, 0) is 17.8 Å². The molecule has 0 aliphatic carbocycles. The van der Waals surface area contributed by atoms with Crippen LogP contribution < -0.4 is 10.6 Å². The van der Waals surface area contributed by atoms with E-state index in [1.165, 1.54) is 0 Å². The number of morpholine rings is 1. The fourth-order valence-electron chi connectivity index (χ4n) is 3.48. The normalized spacial score (nSPS) is 15.6. The smallest absolute Gasteiger partial charge is 0.229 e. The van der Waals surface area contributed by atoms with Gasteiger partial charge in [0.25, 0.3) is 0 Å². The van der Waals surface area contributed by atoms with Crippen molar-refractivity contribution in [3.05, 3.63) is 59.0 Å². The highest BCUT2D eigenvalue weighted by Crippen LogP contribution is 2.22. The summed E-state index contributed by atoms with van der Waals surface area (Å²) in [5.74, 6) is 0.918. The number of hydrogen-bond acceptors (Lipinski definition) is 9. The van der Waals surface area contributed by atoms with Gasteiger partial charge in [0.1, 0.15) is 11.3 Å². The van der Waals surface area contributed by atoms with E-state index in [0.717, 1.165) is 11.1 Å². The van der Waals surface area contributed by atoms with Gasteiger partial charge in [-0.3, -0.25) is 14.6 Å². The first-order valence-electron chi connectivity index (χ1n) is 10.7. The Balaban J connectivity index is 1.36. The third kappa shape index (κ3) is 6.48. The van der Waals surface area contributed by atoms with Gasteiger partial charge in [-0.2, -0.15) is 10.1 Å². The molecule has 0 bridgehead atoms. The van der Waals surface area contributed by atoms with Crippen molar-refractivity contribution in [2.24, 2.45) is 4.99 Å². The van der Waals surface area contributed by atoms with Crippen LogP contribution in [0.1, 0.15) is 11.1 Å². The van der Waals surface area contributed by atoms with Crippen LogP contribution in [0.25, 0.3) is 0 Å². The molecule has 1 fully saturated rings. The van der Waals surface area contributed by atoms with Gasteiger partial charge in [-0.1, -0.05) is 29.8 Å². The summed E-state index contributed by atoms with van der Waals surface area (Å²) >= 11 is 6.29. The van der Waals surface area contributed by atoms with Crippen molar-refractivity contribution in [1.82, 2.24) is 24.6 Å². The van der Waals surface area contributed by atoms with Crippen molar-refractivity contribution >= 4 is 35.3 Å². The summed E-state index contributed by atoms with van der Waals surface area (Å²) in [6, 6.07) is 8.05. The summed E-state index contributed by atoms with van der Waals surface area (Å²) in [7, 11) is 1.75. The maximum Gasteiger partial charge on any atom is 0.229 e. The zero-order valence-corrected chi connectivity index (χ0v) is 19.1. The first-order valence-corrected chi connectivity index (χ1v) is 11.1. The standard InChI is InChI=1S/C22H27ClN8O2/c1-24-10-16-3-2-4-17(9-16)11-25-21-19(23)13-26-22(29-21)28-18-12-27-31(14-18)15-20(32)30-5-7-33-8-6-30/h2-4,9-10,12-14,20,32H,5-8,11,15H2,1H3,(H2,25,26,28,29). The number of halogens is 1. The Morgan fingerprint density at radius 2 is 2.15 bits per heavy atom. The van der Waals surface area contributed by atoms with Crippen molar-refractivity contribution in [1.29, 1.82) is 0 Å². The van der Waals surface area contributed by atoms with Crippen molar-refractivity contribution in [3.63, 3.8) is 0 Å². The number of rotatable bonds is 9. The molecule has 3 aromatic rings. The van der Waals surface area contributed by atoms with Gasteiger partial charge in [0.15, 0.2) is 5.82 Å². The Morgan fingerprint density at radius 3 is 2.97 bits per heavy atom. The average molecular weight is 471 g/mol. The molecule has 174 valence electrons. The molecule has 0 spiro atoms. The van der Waals surface area contributed by atoms with Gasteiger partial charge in [-0.15, -0.1) is 0 Å². The number of nitrogens with zero attached hydrogens (tertiary/aromatic N) is 6. The maximum absolute atomic E-state index is 10.4. The molecule has 1 saturated heterocycles. The highest BCUT2D eigenvalue weighted by Gasteiger charge is 2.19. The van der Waals surface area contributed by atoms with Crippen molar-refractivity contribution < 1.29 is 9.84 Å². The van der Waals surface area contributed by atoms with E-state index in [1.54, 1.807) is 30.3 Å². The lowest BCUT2D eigenvalue weighted by molar-refractivity contribution is -0.0664. The Hall–Kier alpha value is -3.05. The number of anilines is 3. The first kappa shape index (κ1) is 23.1. The molecule has 1 aliphatic rings. The molecule has 2 aromatic heterocycles. The first-order chi connectivity index (χ1) is 16.1. The van der Waals surface area contributed by atoms with Crippen molar-refractivity contribution in [2.45, 2.75) is 19.3 Å². The zero-order chi connectivity index (χ0) is 23.0. The van der Waals surface area contributed by atoms with Crippen LogP contribution in [0.15, 0.2) is 47.8 Å². The molecule has 1 aromatic carbocycles.